The number of aryl methyl sites for hydroxylation is 1. The van der Waals surface area contributed by atoms with Gasteiger partial charge in [0.1, 0.15) is 22.1 Å². The summed E-state index contributed by atoms with van der Waals surface area (Å²) in [5, 5.41) is 30.4. The van der Waals surface area contributed by atoms with Crippen LogP contribution in [-0.4, -0.2) is 62.3 Å². The molecule has 0 aliphatic carbocycles. The van der Waals surface area contributed by atoms with Crippen LogP contribution in [0.5, 0.6) is 0 Å². The molecule has 0 saturated carbocycles. The van der Waals surface area contributed by atoms with Crippen molar-refractivity contribution in [1.29, 1.82) is 0 Å². The third-order valence-corrected chi connectivity index (χ3v) is 8.95. The van der Waals surface area contributed by atoms with E-state index in [1.165, 1.54) is 32.4 Å². The lowest BCUT2D eigenvalue weighted by Crippen LogP contribution is -2.50. The predicted molar refractivity (Wildman–Crippen MR) is 162 cm³/mol. The maximum absolute atomic E-state index is 10.4. The topological polar surface area (TPSA) is 110 Å². The van der Waals surface area contributed by atoms with Gasteiger partial charge in [0.25, 0.3) is 0 Å². The molecule has 9 nitrogen and oxygen atoms in total. The maximum Gasteiger partial charge on any atom is 0.230 e. The van der Waals surface area contributed by atoms with Gasteiger partial charge in [-0.05, 0) is 94.4 Å². The number of thiophene rings is 1. The molecule has 0 radical (unpaired) electrons. The number of benzene rings is 1. The highest BCUT2D eigenvalue weighted by atomic mass is 32.1. The Kier molecular flexibility index (Phi) is 7.35. The molecular weight excluding hydrogens is 522 g/mol. The van der Waals surface area contributed by atoms with E-state index in [1.54, 1.807) is 31.3 Å². The molecule has 0 unspecified atom stereocenters. The van der Waals surface area contributed by atoms with Crippen LogP contribution in [0.15, 0.2) is 41.8 Å². The number of fused-ring (bicyclic) bond motifs is 1. The van der Waals surface area contributed by atoms with Crippen LogP contribution >= 0.6 is 11.3 Å². The zero-order chi connectivity index (χ0) is 27.9. The lowest BCUT2D eigenvalue weighted by molar-refractivity contribution is 0.0740. The van der Waals surface area contributed by atoms with E-state index in [1.807, 2.05) is 31.2 Å². The third kappa shape index (κ3) is 5.49. The normalized spacial score (nSPS) is 16.8. The SMILES string of the molecule is Cc1csc2nc(Nc3ccc(N4CCC(N5CCC5)CC4)c(CO)c3)nc(Nc3cccc(C(C)(C)O)n3)c12. The number of hydrogen-bond donors (Lipinski definition) is 4. The molecule has 3 aromatic heterocycles. The number of aromatic nitrogens is 3. The fourth-order valence-corrected chi connectivity index (χ4v) is 6.52. The van der Waals surface area contributed by atoms with E-state index >= 15 is 0 Å². The fraction of sp³-hybridized carbons (Fsp3) is 0.433. The van der Waals surface area contributed by atoms with Crippen molar-refractivity contribution in [3.8, 4) is 0 Å². The number of anilines is 5. The maximum atomic E-state index is 10.4. The van der Waals surface area contributed by atoms with Gasteiger partial charge >= 0.3 is 0 Å². The van der Waals surface area contributed by atoms with Gasteiger partial charge in [0, 0.05) is 36.1 Å². The Morgan fingerprint density at radius 1 is 1.02 bits per heavy atom. The first-order chi connectivity index (χ1) is 19.3. The first-order valence-corrected chi connectivity index (χ1v) is 14.9. The smallest absolute Gasteiger partial charge is 0.230 e. The monoisotopic (exact) mass is 559 g/mol. The largest absolute Gasteiger partial charge is 0.392 e. The standard InChI is InChI=1S/C30H37N7O2S/c1-19-18-40-28-26(19)27(33-25-7-4-6-24(32-25)30(2,3)39)34-29(35-28)31-21-8-9-23(20(16-21)17-38)37-14-10-22(11-15-37)36-12-5-13-36/h4,6-9,16,18,22,38-39H,5,10-15,17H2,1-3H3,(H2,31,32,33,34,35). The second kappa shape index (κ2) is 10.9. The summed E-state index contributed by atoms with van der Waals surface area (Å²) in [7, 11) is 0. The Labute approximate surface area is 238 Å². The zero-order valence-electron chi connectivity index (χ0n) is 23.3. The van der Waals surface area contributed by atoms with Gasteiger partial charge < -0.3 is 30.6 Å². The van der Waals surface area contributed by atoms with Crippen LogP contribution in [0.4, 0.5) is 29.0 Å². The average molecular weight is 560 g/mol. The summed E-state index contributed by atoms with van der Waals surface area (Å²) in [5.41, 5.74) is 3.42. The molecule has 4 aromatic rings. The van der Waals surface area contributed by atoms with Crippen molar-refractivity contribution < 1.29 is 10.2 Å². The fourth-order valence-electron chi connectivity index (χ4n) is 5.60. The molecule has 0 bridgehead atoms. The molecule has 6 rings (SSSR count). The zero-order valence-corrected chi connectivity index (χ0v) is 24.1. The molecule has 4 N–H and O–H groups in total. The summed E-state index contributed by atoms with van der Waals surface area (Å²) in [5.74, 6) is 1.71. The van der Waals surface area contributed by atoms with E-state index in [0.717, 1.165) is 45.8 Å². The van der Waals surface area contributed by atoms with Crippen molar-refractivity contribution in [2.24, 2.45) is 0 Å². The molecule has 2 fully saturated rings. The molecular formula is C30H37N7O2S. The number of likely N-dealkylation sites (tertiary alicyclic amines) is 1. The van der Waals surface area contributed by atoms with E-state index in [2.05, 4.69) is 36.9 Å². The highest BCUT2D eigenvalue weighted by molar-refractivity contribution is 7.17. The number of hydrogen-bond acceptors (Lipinski definition) is 10. The highest BCUT2D eigenvalue weighted by Gasteiger charge is 2.28. The number of aliphatic hydroxyl groups is 2. The quantitative estimate of drug-likeness (QED) is 0.229. The molecule has 0 amide bonds. The molecule has 0 spiro atoms. The molecule has 40 heavy (non-hydrogen) atoms. The minimum atomic E-state index is -1.05. The molecule has 10 heteroatoms. The lowest BCUT2D eigenvalue weighted by Gasteiger charge is -2.43. The summed E-state index contributed by atoms with van der Waals surface area (Å²) in [4.78, 5) is 20.1. The van der Waals surface area contributed by atoms with Crippen LogP contribution in [0, 0.1) is 6.92 Å². The minimum absolute atomic E-state index is 0.0308. The highest BCUT2D eigenvalue weighted by Crippen LogP contribution is 2.34. The van der Waals surface area contributed by atoms with Crippen molar-refractivity contribution in [2.45, 2.75) is 58.3 Å². The first kappa shape index (κ1) is 26.9. The summed E-state index contributed by atoms with van der Waals surface area (Å²) in [6.07, 6.45) is 3.67. The van der Waals surface area contributed by atoms with E-state index in [9.17, 15) is 10.2 Å². The second-order valence-electron chi connectivity index (χ2n) is 11.3. The number of pyridine rings is 1. The van der Waals surface area contributed by atoms with Gasteiger partial charge in [-0.1, -0.05) is 6.07 Å². The Hall–Kier alpha value is -3.31. The van der Waals surface area contributed by atoms with Crippen LogP contribution in [0.2, 0.25) is 0 Å². The number of nitrogens with zero attached hydrogens (tertiary/aromatic N) is 5. The summed E-state index contributed by atoms with van der Waals surface area (Å²) in [6, 6.07) is 12.4. The van der Waals surface area contributed by atoms with Crippen LogP contribution in [0.1, 0.15) is 49.9 Å². The Morgan fingerprint density at radius 3 is 2.52 bits per heavy atom. The predicted octanol–water partition coefficient (Wildman–Crippen LogP) is 5.28. The molecule has 2 aliphatic heterocycles. The Bertz CT molecular complexity index is 1500. The van der Waals surface area contributed by atoms with Crippen molar-refractivity contribution in [3.63, 3.8) is 0 Å². The van der Waals surface area contributed by atoms with Gasteiger partial charge in [-0.3, -0.25) is 0 Å². The van der Waals surface area contributed by atoms with Gasteiger partial charge in [-0.15, -0.1) is 11.3 Å². The minimum Gasteiger partial charge on any atom is -0.392 e. The van der Waals surface area contributed by atoms with Crippen molar-refractivity contribution in [3.05, 3.63) is 58.6 Å². The van der Waals surface area contributed by atoms with Gasteiger partial charge in [0.05, 0.1) is 17.7 Å². The third-order valence-electron chi connectivity index (χ3n) is 7.96. The van der Waals surface area contributed by atoms with Crippen molar-refractivity contribution in [2.75, 3.05) is 41.7 Å². The van der Waals surface area contributed by atoms with E-state index in [-0.39, 0.29) is 6.61 Å². The van der Waals surface area contributed by atoms with Gasteiger partial charge in [-0.25, -0.2) is 9.97 Å². The van der Waals surface area contributed by atoms with Gasteiger partial charge in [0.15, 0.2) is 0 Å². The number of rotatable bonds is 8. The summed E-state index contributed by atoms with van der Waals surface area (Å²) >= 11 is 1.57. The summed E-state index contributed by atoms with van der Waals surface area (Å²) < 4.78 is 0. The lowest BCUT2D eigenvalue weighted by atomic mass is 9.98. The van der Waals surface area contributed by atoms with Crippen molar-refractivity contribution >= 4 is 50.5 Å². The number of piperidine rings is 1. The number of aliphatic hydroxyl groups excluding tert-OH is 1. The summed E-state index contributed by atoms with van der Waals surface area (Å²) in [6.45, 7) is 9.95. The second-order valence-corrected chi connectivity index (χ2v) is 12.2. The Morgan fingerprint density at radius 2 is 1.82 bits per heavy atom. The Balaban J connectivity index is 1.24. The molecule has 0 atom stereocenters. The molecule has 210 valence electrons. The van der Waals surface area contributed by atoms with Crippen LogP contribution < -0.4 is 15.5 Å². The molecule has 1 aromatic carbocycles. The first-order valence-electron chi connectivity index (χ1n) is 14.0. The van der Waals surface area contributed by atoms with Crippen molar-refractivity contribution in [1.82, 2.24) is 19.9 Å². The van der Waals surface area contributed by atoms with E-state index in [0.29, 0.717) is 29.3 Å². The van der Waals surface area contributed by atoms with Crippen LogP contribution in [0.25, 0.3) is 10.2 Å². The van der Waals surface area contributed by atoms with Gasteiger partial charge in [-0.2, -0.15) is 4.98 Å². The van der Waals surface area contributed by atoms with E-state index < -0.39 is 5.60 Å². The van der Waals surface area contributed by atoms with Crippen LogP contribution in [-0.2, 0) is 12.2 Å². The van der Waals surface area contributed by atoms with Crippen LogP contribution in [0.3, 0.4) is 0 Å². The molecule has 2 aliphatic rings. The van der Waals surface area contributed by atoms with Gasteiger partial charge in [0.2, 0.25) is 5.95 Å². The average Bonchev–Trinajstić information content (AvgIpc) is 3.28. The molecule has 5 heterocycles. The molecule has 2 saturated heterocycles. The number of nitrogens with one attached hydrogen (secondary N) is 2. The van der Waals surface area contributed by atoms with E-state index in [4.69, 9.17) is 9.97 Å².